The van der Waals surface area contributed by atoms with Crippen LogP contribution >= 0.6 is 0 Å². The third-order valence-corrected chi connectivity index (χ3v) is 3.56. The Morgan fingerprint density at radius 3 is 2.62 bits per heavy atom. The smallest absolute Gasteiger partial charge is 0.171 e. The molecule has 2 rings (SSSR count). The van der Waals surface area contributed by atoms with Crippen LogP contribution in [0.1, 0.15) is 33.1 Å². The monoisotopic (exact) mass is 229 g/mol. The first-order valence-electron chi connectivity index (χ1n) is 6.36. The van der Waals surface area contributed by atoms with Crippen LogP contribution < -0.4 is 0 Å². The predicted octanol–water partition coefficient (Wildman–Crippen LogP) is 0.985. The van der Waals surface area contributed by atoms with E-state index in [1.54, 1.807) is 0 Å². The molecule has 0 radical (unpaired) electrons. The molecule has 0 aromatic carbocycles. The van der Waals surface area contributed by atoms with E-state index in [2.05, 4.69) is 11.8 Å². The van der Waals surface area contributed by atoms with Crippen LogP contribution in [-0.4, -0.2) is 54.2 Å². The normalized spacial score (nSPS) is 32.1. The summed E-state index contributed by atoms with van der Waals surface area (Å²) in [5, 5.41) is 9.60. The summed E-state index contributed by atoms with van der Waals surface area (Å²) in [6, 6.07) is 0. The Bertz CT molecular complexity index is 226. The molecule has 2 aliphatic rings. The maximum absolute atomic E-state index is 9.60. The summed E-state index contributed by atoms with van der Waals surface area (Å²) >= 11 is 0. The Kier molecular flexibility index (Phi) is 3.85. The first kappa shape index (κ1) is 12.3. The molecule has 2 heterocycles. The molecule has 2 aliphatic heterocycles. The maximum atomic E-state index is 9.60. The minimum atomic E-state index is -0.312. The maximum Gasteiger partial charge on any atom is 0.171 e. The van der Waals surface area contributed by atoms with Crippen LogP contribution in [0, 0.1) is 0 Å². The zero-order valence-electron chi connectivity index (χ0n) is 10.3. The molecule has 94 valence electrons. The zero-order valence-corrected chi connectivity index (χ0v) is 10.3. The van der Waals surface area contributed by atoms with Gasteiger partial charge >= 0.3 is 0 Å². The van der Waals surface area contributed by atoms with Gasteiger partial charge in [-0.25, -0.2) is 0 Å². The molecule has 0 aromatic heterocycles. The second-order valence-corrected chi connectivity index (χ2v) is 5.01. The molecule has 4 heteroatoms. The number of rotatable bonds is 3. The van der Waals surface area contributed by atoms with E-state index in [4.69, 9.17) is 9.47 Å². The fourth-order valence-electron chi connectivity index (χ4n) is 2.47. The van der Waals surface area contributed by atoms with Crippen molar-refractivity contribution in [2.24, 2.45) is 0 Å². The molecule has 0 bridgehead atoms. The lowest BCUT2D eigenvalue weighted by Gasteiger charge is -2.38. The highest BCUT2D eigenvalue weighted by Crippen LogP contribution is 2.33. The summed E-state index contributed by atoms with van der Waals surface area (Å²) in [7, 11) is 0. The Balaban J connectivity index is 1.78. The van der Waals surface area contributed by atoms with Gasteiger partial charge in [0.15, 0.2) is 5.79 Å². The van der Waals surface area contributed by atoms with E-state index in [0.29, 0.717) is 0 Å². The fourth-order valence-corrected chi connectivity index (χ4v) is 2.47. The van der Waals surface area contributed by atoms with Crippen LogP contribution in [0.4, 0.5) is 0 Å². The van der Waals surface area contributed by atoms with Crippen molar-refractivity contribution in [2.75, 3.05) is 26.2 Å². The van der Waals surface area contributed by atoms with Gasteiger partial charge in [-0.3, -0.25) is 0 Å². The summed E-state index contributed by atoms with van der Waals surface area (Å²) in [4.78, 5) is 2.30. The van der Waals surface area contributed by atoms with Gasteiger partial charge in [-0.1, -0.05) is 6.92 Å². The number of hydrogen-bond donors (Lipinski definition) is 1. The van der Waals surface area contributed by atoms with Crippen LogP contribution in [0.2, 0.25) is 0 Å². The van der Waals surface area contributed by atoms with Crippen LogP contribution in [-0.2, 0) is 9.47 Å². The highest BCUT2D eigenvalue weighted by Gasteiger charge is 2.42. The molecule has 2 fully saturated rings. The lowest BCUT2D eigenvalue weighted by Crippen LogP contribution is -2.47. The third kappa shape index (κ3) is 2.74. The summed E-state index contributed by atoms with van der Waals surface area (Å²) in [5.41, 5.74) is 0. The van der Waals surface area contributed by atoms with Crippen molar-refractivity contribution in [3.05, 3.63) is 0 Å². The molecule has 0 aromatic rings. The van der Waals surface area contributed by atoms with Crippen LogP contribution in [0.15, 0.2) is 0 Å². The van der Waals surface area contributed by atoms with E-state index in [0.717, 1.165) is 45.5 Å². The number of ether oxygens (including phenoxy) is 2. The van der Waals surface area contributed by atoms with E-state index in [-0.39, 0.29) is 18.0 Å². The molecular weight excluding hydrogens is 206 g/mol. The molecule has 0 saturated carbocycles. The predicted molar refractivity (Wildman–Crippen MR) is 61.2 cm³/mol. The first-order valence-corrected chi connectivity index (χ1v) is 6.36. The lowest BCUT2D eigenvalue weighted by molar-refractivity contribution is -0.194. The van der Waals surface area contributed by atoms with Crippen molar-refractivity contribution >= 4 is 0 Å². The van der Waals surface area contributed by atoms with Crippen molar-refractivity contribution in [3.63, 3.8) is 0 Å². The van der Waals surface area contributed by atoms with Gasteiger partial charge in [0.05, 0.1) is 18.8 Å². The van der Waals surface area contributed by atoms with E-state index in [1.165, 1.54) is 0 Å². The zero-order chi connectivity index (χ0) is 11.6. The van der Waals surface area contributed by atoms with Crippen LogP contribution in [0.5, 0.6) is 0 Å². The SMILES string of the molecule is CC[C@@H](O)CN1CCC2(CC1)OCC(C)O2. The summed E-state index contributed by atoms with van der Waals surface area (Å²) in [6.45, 7) is 7.50. The number of nitrogens with zero attached hydrogens (tertiary/aromatic N) is 1. The number of β-amino-alcohol motifs (C(OH)–C–C–N with tert-alkyl or cyclic N) is 1. The molecule has 0 aliphatic carbocycles. The van der Waals surface area contributed by atoms with Crippen molar-refractivity contribution in [1.82, 2.24) is 4.90 Å². The molecule has 0 amide bonds. The van der Waals surface area contributed by atoms with Gasteiger partial charge in [0.1, 0.15) is 0 Å². The van der Waals surface area contributed by atoms with Crippen molar-refractivity contribution in [2.45, 2.75) is 51.1 Å². The highest BCUT2D eigenvalue weighted by atomic mass is 16.7. The van der Waals surface area contributed by atoms with Crippen LogP contribution in [0.3, 0.4) is 0 Å². The number of likely N-dealkylation sites (tertiary alicyclic amines) is 1. The molecule has 2 saturated heterocycles. The van der Waals surface area contributed by atoms with Gasteiger partial charge in [0, 0.05) is 32.5 Å². The quantitative estimate of drug-likeness (QED) is 0.783. The average Bonchev–Trinajstić information content (AvgIpc) is 2.64. The highest BCUT2D eigenvalue weighted by molar-refractivity contribution is 4.85. The second-order valence-electron chi connectivity index (χ2n) is 5.01. The number of hydrogen-bond acceptors (Lipinski definition) is 4. The largest absolute Gasteiger partial charge is 0.392 e. The Morgan fingerprint density at radius 1 is 1.44 bits per heavy atom. The van der Waals surface area contributed by atoms with Gasteiger partial charge in [-0.2, -0.15) is 0 Å². The van der Waals surface area contributed by atoms with E-state index in [1.807, 2.05) is 6.92 Å². The minimum absolute atomic E-state index is 0.196. The summed E-state index contributed by atoms with van der Waals surface area (Å²) in [6.07, 6.45) is 2.71. The van der Waals surface area contributed by atoms with Gasteiger partial charge in [0.25, 0.3) is 0 Å². The average molecular weight is 229 g/mol. The molecule has 1 unspecified atom stereocenters. The molecule has 2 atom stereocenters. The molecule has 1 spiro atoms. The number of piperidine rings is 1. The van der Waals surface area contributed by atoms with Crippen molar-refractivity contribution < 1.29 is 14.6 Å². The molecule has 1 N–H and O–H groups in total. The van der Waals surface area contributed by atoms with Gasteiger partial charge in [-0.05, 0) is 13.3 Å². The Labute approximate surface area is 97.5 Å². The molecule has 16 heavy (non-hydrogen) atoms. The summed E-state index contributed by atoms with van der Waals surface area (Å²) < 4.78 is 11.6. The number of aliphatic hydroxyl groups is 1. The minimum Gasteiger partial charge on any atom is -0.392 e. The van der Waals surface area contributed by atoms with Crippen molar-refractivity contribution in [3.8, 4) is 0 Å². The Morgan fingerprint density at radius 2 is 2.12 bits per heavy atom. The van der Waals surface area contributed by atoms with Gasteiger partial charge < -0.3 is 19.5 Å². The van der Waals surface area contributed by atoms with Crippen LogP contribution in [0.25, 0.3) is 0 Å². The summed E-state index contributed by atoms with van der Waals surface area (Å²) in [5.74, 6) is -0.312. The van der Waals surface area contributed by atoms with E-state index >= 15 is 0 Å². The van der Waals surface area contributed by atoms with E-state index in [9.17, 15) is 5.11 Å². The third-order valence-electron chi connectivity index (χ3n) is 3.56. The lowest BCUT2D eigenvalue weighted by atomic mass is 10.0. The second kappa shape index (κ2) is 5.00. The fraction of sp³-hybridized carbons (Fsp3) is 1.00. The molecular formula is C12H23NO3. The Hall–Kier alpha value is -0.160. The standard InChI is InChI=1S/C12H23NO3/c1-3-11(14)8-13-6-4-12(5-7-13)15-9-10(2)16-12/h10-11,14H,3-9H2,1-2H3/t10?,11-/m1/s1. The molecule has 4 nitrogen and oxygen atoms in total. The van der Waals surface area contributed by atoms with Gasteiger partial charge in [0.2, 0.25) is 0 Å². The number of aliphatic hydroxyl groups excluding tert-OH is 1. The topological polar surface area (TPSA) is 41.9 Å². The van der Waals surface area contributed by atoms with Crippen molar-refractivity contribution in [1.29, 1.82) is 0 Å². The first-order chi connectivity index (χ1) is 7.63. The van der Waals surface area contributed by atoms with Gasteiger partial charge in [-0.15, -0.1) is 0 Å². The van der Waals surface area contributed by atoms with E-state index < -0.39 is 0 Å².